The summed E-state index contributed by atoms with van der Waals surface area (Å²) in [6.45, 7) is 16.8. The lowest BCUT2D eigenvalue weighted by atomic mass is 10.0. The molecule has 0 aliphatic carbocycles. The van der Waals surface area contributed by atoms with Crippen LogP contribution in [0.4, 0.5) is 5.82 Å². The molecule has 0 aromatic carbocycles. The predicted molar refractivity (Wildman–Crippen MR) is 151 cm³/mol. The zero-order valence-electron chi connectivity index (χ0n) is 22.4. The number of hydrogen-bond donors (Lipinski definition) is 1. The van der Waals surface area contributed by atoms with E-state index in [9.17, 15) is 0 Å². The summed E-state index contributed by atoms with van der Waals surface area (Å²) in [5.41, 5.74) is 6.14. The molecule has 1 aromatic heterocycles. The van der Waals surface area contributed by atoms with Crippen molar-refractivity contribution in [2.24, 2.45) is 4.99 Å². The first-order valence-electron chi connectivity index (χ1n) is 13.4. The molecule has 4 heterocycles. The summed E-state index contributed by atoms with van der Waals surface area (Å²) in [6, 6.07) is 4.07. The Hall–Kier alpha value is -3.28. The van der Waals surface area contributed by atoms with Crippen LogP contribution in [-0.2, 0) is 0 Å². The predicted octanol–water partition coefficient (Wildman–Crippen LogP) is 6.21. The first-order valence-corrected chi connectivity index (χ1v) is 13.4. The lowest BCUT2D eigenvalue weighted by molar-refractivity contribution is 0.396. The molecule has 6 heteroatoms. The minimum absolute atomic E-state index is 0.805. The Bertz CT molecular complexity index is 1070. The number of hydrogen-bond acceptors (Lipinski definition) is 6. The Morgan fingerprint density at radius 2 is 1.89 bits per heavy atom. The minimum atomic E-state index is 0.805. The van der Waals surface area contributed by atoms with Crippen molar-refractivity contribution >= 4 is 11.5 Å². The fraction of sp³-hybridized carbons (Fsp3) is 0.467. The van der Waals surface area contributed by atoms with Crippen molar-refractivity contribution in [1.82, 2.24) is 19.7 Å². The SMILES string of the molecule is C=CC/C=C(\C=C(/C)N1CCCC1)C1=NC2=C(CCC1)N(C)CCCN2C(=C)Nc1ccc(C)cn1. The van der Waals surface area contributed by atoms with E-state index in [4.69, 9.17) is 4.99 Å². The van der Waals surface area contributed by atoms with Crippen molar-refractivity contribution in [3.63, 3.8) is 0 Å². The number of anilines is 1. The Labute approximate surface area is 217 Å². The number of rotatable bonds is 8. The van der Waals surface area contributed by atoms with Gasteiger partial charge in [0.05, 0.1) is 5.70 Å². The highest BCUT2D eigenvalue weighted by atomic mass is 15.3. The van der Waals surface area contributed by atoms with Crippen molar-refractivity contribution in [1.29, 1.82) is 0 Å². The Morgan fingerprint density at radius 1 is 1.08 bits per heavy atom. The molecule has 0 saturated carbocycles. The molecule has 3 aliphatic heterocycles. The molecule has 6 nitrogen and oxygen atoms in total. The van der Waals surface area contributed by atoms with Gasteiger partial charge in [-0.2, -0.15) is 0 Å². The second kappa shape index (κ2) is 12.1. The topological polar surface area (TPSA) is 47.0 Å². The molecular formula is C30H42N6. The van der Waals surface area contributed by atoms with E-state index in [1.54, 1.807) is 0 Å². The molecule has 1 fully saturated rings. The van der Waals surface area contributed by atoms with Crippen LogP contribution in [0.5, 0.6) is 0 Å². The zero-order valence-corrected chi connectivity index (χ0v) is 22.4. The quantitative estimate of drug-likeness (QED) is 0.350. The van der Waals surface area contributed by atoms with Crippen LogP contribution in [0.3, 0.4) is 0 Å². The van der Waals surface area contributed by atoms with Gasteiger partial charge < -0.3 is 20.0 Å². The summed E-state index contributed by atoms with van der Waals surface area (Å²) in [5.74, 6) is 2.64. The average molecular weight is 487 g/mol. The maximum atomic E-state index is 5.39. The Morgan fingerprint density at radius 3 is 2.61 bits per heavy atom. The van der Waals surface area contributed by atoms with Crippen LogP contribution in [0.1, 0.15) is 57.4 Å². The zero-order chi connectivity index (χ0) is 25.5. The van der Waals surface area contributed by atoms with Gasteiger partial charge in [0, 0.05) is 50.8 Å². The fourth-order valence-corrected chi connectivity index (χ4v) is 5.15. The molecular weight excluding hydrogens is 444 g/mol. The summed E-state index contributed by atoms with van der Waals surface area (Å²) in [7, 11) is 2.20. The summed E-state index contributed by atoms with van der Waals surface area (Å²) in [4.78, 5) is 17.1. The van der Waals surface area contributed by atoms with E-state index in [1.807, 2.05) is 25.3 Å². The number of likely N-dealkylation sites (tertiary alicyclic amines) is 1. The molecule has 3 aliphatic rings. The molecule has 1 N–H and O–H groups in total. The summed E-state index contributed by atoms with van der Waals surface area (Å²) in [5, 5.41) is 3.43. The van der Waals surface area contributed by atoms with Crippen LogP contribution < -0.4 is 5.32 Å². The van der Waals surface area contributed by atoms with E-state index in [1.165, 1.54) is 29.8 Å². The number of aromatic nitrogens is 1. The fourth-order valence-electron chi connectivity index (χ4n) is 5.15. The van der Waals surface area contributed by atoms with Crippen LogP contribution in [-0.4, -0.2) is 58.6 Å². The number of nitrogens with zero attached hydrogens (tertiary/aromatic N) is 5. The smallest absolute Gasteiger partial charge is 0.153 e. The molecule has 0 atom stereocenters. The number of aryl methyl sites for hydroxylation is 1. The van der Waals surface area contributed by atoms with Gasteiger partial charge in [-0.3, -0.25) is 0 Å². The molecule has 36 heavy (non-hydrogen) atoms. The maximum Gasteiger partial charge on any atom is 0.153 e. The molecule has 0 radical (unpaired) electrons. The van der Waals surface area contributed by atoms with E-state index < -0.39 is 0 Å². The van der Waals surface area contributed by atoms with E-state index >= 15 is 0 Å². The van der Waals surface area contributed by atoms with Gasteiger partial charge in [0.2, 0.25) is 0 Å². The molecule has 0 spiro atoms. The largest absolute Gasteiger partial charge is 0.375 e. The van der Waals surface area contributed by atoms with Crippen molar-refractivity contribution in [3.05, 3.63) is 83.9 Å². The molecule has 0 bridgehead atoms. The molecule has 1 aromatic rings. The van der Waals surface area contributed by atoms with Gasteiger partial charge in [0.15, 0.2) is 5.82 Å². The van der Waals surface area contributed by atoms with Crippen molar-refractivity contribution in [3.8, 4) is 0 Å². The Balaban J connectivity index is 1.69. The number of pyridine rings is 1. The van der Waals surface area contributed by atoms with Gasteiger partial charge in [0.1, 0.15) is 11.6 Å². The highest BCUT2D eigenvalue weighted by molar-refractivity contribution is 6.03. The average Bonchev–Trinajstić information content (AvgIpc) is 3.26. The third-order valence-corrected chi connectivity index (χ3v) is 7.23. The van der Waals surface area contributed by atoms with Gasteiger partial charge in [0.25, 0.3) is 0 Å². The highest BCUT2D eigenvalue weighted by Crippen LogP contribution is 2.31. The van der Waals surface area contributed by atoms with E-state index in [-0.39, 0.29) is 0 Å². The molecule has 1 saturated heterocycles. The Kier molecular flexibility index (Phi) is 8.68. The van der Waals surface area contributed by atoms with Crippen LogP contribution in [0.25, 0.3) is 0 Å². The van der Waals surface area contributed by atoms with Gasteiger partial charge in [-0.1, -0.05) is 24.8 Å². The highest BCUT2D eigenvalue weighted by Gasteiger charge is 2.26. The van der Waals surface area contributed by atoms with Crippen LogP contribution in [0, 0.1) is 6.92 Å². The monoisotopic (exact) mass is 486 g/mol. The third-order valence-electron chi connectivity index (χ3n) is 7.23. The van der Waals surface area contributed by atoms with Gasteiger partial charge in [-0.15, -0.1) is 6.58 Å². The first kappa shape index (κ1) is 25.8. The summed E-state index contributed by atoms with van der Waals surface area (Å²) in [6.07, 6.45) is 16.0. The number of aliphatic imine (C=N–C) groups is 1. The minimum Gasteiger partial charge on any atom is -0.375 e. The van der Waals surface area contributed by atoms with Gasteiger partial charge in [-0.25, -0.2) is 9.98 Å². The van der Waals surface area contributed by atoms with E-state index in [0.717, 1.165) is 87.0 Å². The van der Waals surface area contributed by atoms with E-state index in [2.05, 4.69) is 70.3 Å². The third kappa shape index (κ3) is 6.28. The van der Waals surface area contributed by atoms with Crippen LogP contribution >= 0.6 is 0 Å². The summed E-state index contributed by atoms with van der Waals surface area (Å²) < 4.78 is 0. The van der Waals surface area contributed by atoms with Crippen molar-refractivity contribution in [2.75, 3.05) is 38.5 Å². The van der Waals surface area contributed by atoms with Crippen molar-refractivity contribution in [2.45, 2.75) is 58.8 Å². The maximum absolute atomic E-state index is 5.39. The van der Waals surface area contributed by atoms with Crippen molar-refractivity contribution < 1.29 is 0 Å². The van der Waals surface area contributed by atoms with Crippen LogP contribution in [0.15, 0.2) is 83.3 Å². The second-order valence-corrected chi connectivity index (χ2v) is 10.1. The molecule has 0 unspecified atom stereocenters. The second-order valence-electron chi connectivity index (χ2n) is 10.1. The lowest BCUT2D eigenvalue weighted by Gasteiger charge is -2.28. The van der Waals surface area contributed by atoms with Gasteiger partial charge in [-0.05, 0) is 82.1 Å². The van der Waals surface area contributed by atoms with Crippen LogP contribution in [0.2, 0.25) is 0 Å². The van der Waals surface area contributed by atoms with Gasteiger partial charge >= 0.3 is 0 Å². The standard InChI is InChI=1S/C30H42N6/c1-6-7-12-26(21-24(3)35-18-8-9-19-35)27-13-10-14-28-30(33-27)36(20-11-17-34(28)5)25(4)32-29-16-15-23(2)22-31-29/h6,12,15-16,21-22H,1,4,7-11,13-14,17-20H2,2-3,5H3,(H,31,32)/b24-21+,26-12+. The molecule has 4 rings (SSSR count). The summed E-state index contributed by atoms with van der Waals surface area (Å²) >= 11 is 0. The number of allylic oxidation sites excluding steroid dienone is 6. The first-order chi connectivity index (χ1) is 17.5. The molecule has 0 amide bonds. The lowest BCUT2D eigenvalue weighted by Crippen LogP contribution is -2.27. The van der Waals surface area contributed by atoms with E-state index in [0.29, 0.717) is 0 Å². The number of nitrogens with one attached hydrogen (secondary N) is 1. The normalized spacial score (nSPS) is 19.5. The molecule has 192 valence electrons.